The molecule has 0 spiro atoms. The van der Waals surface area contributed by atoms with Gasteiger partial charge < -0.3 is 9.80 Å². The van der Waals surface area contributed by atoms with E-state index in [1.165, 1.54) is 83.6 Å². The minimum atomic E-state index is 0.847. The fourth-order valence-corrected chi connectivity index (χ4v) is 4.10. The normalized spacial score (nSPS) is 22.5. The largest absolute Gasteiger partial charge is 0.303 e. The summed E-state index contributed by atoms with van der Waals surface area (Å²) in [4.78, 5) is 8.02. The second-order valence-electron chi connectivity index (χ2n) is 7.13. The molecule has 23 heavy (non-hydrogen) atoms. The molecule has 128 valence electrons. The number of likely N-dealkylation sites (tertiary alicyclic amines) is 1. The third-order valence-corrected chi connectivity index (χ3v) is 5.71. The molecule has 0 atom stereocenters. The molecule has 2 aliphatic heterocycles. The lowest BCUT2D eigenvalue weighted by Crippen LogP contribution is -2.53. The fourth-order valence-electron chi connectivity index (χ4n) is 4.10. The van der Waals surface area contributed by atoms with Gasteiger partial charge >= 0.3 is 0 Å². The molecule has 3 rings (SSSR count). The van der Waals surface area contributed by atoms with Gasteiger partial charge in [-0.3, -0.25) is 4.90 Å². The van der Waals surface area contributed by atoms with Crippen LogP contribution in [0.2, 0.25) is 0 Å². The molecule has 0 radical (unpaired) electrons. The minimum absolute atomic E-state index is 0.847. The highest BCUT2D eigenvalue weighted by atomic mass is 15.3. The second kappa shape index (κ2) is 8.81. The van der Waals surface area contributed by atoms with E-state index in [9.17, 15) is 0 Å². The second-order valence-corrected chi connectivity index (χ2v) is 7.13. The van der Waals surface area contributed by atoms with E-state index in [1.54, 1.807) is 0 Å². The Hall–Kier alpha value is -0.900. The number of hydrogen-bond acceptors (Lipinski definition) is 3. The highest BCUT2D eigenvalue weighted by molar-refractivity contribution is 5.14. The van der Waals surface area contributed by atoms with Gasteiger partial charge in [0.25, 0.3) is 0 Å². The summed E-state index contributed by atoms with van der Waals surface area (Å²) in [5.41, 5.74) is 1.48. The average Bonchev–Trinajstić information content (AvgIpc) is 2.63. The third-order valence-electron chi connectivity index (χ3n) is 5.71. The quantitative estimate of drug-likeness (QED) is 0.799. The van der Waals surface area contributed by atoms with Gasteiger partial charge in [-0.15, -0.1) is 0 Å². The van der Waals surface area contributed by atoms with Gasteiger partial charge in [0.05, 0.1) is 0 Å². The summed E-state index contributed by atoms with van der Waals surface area (Å²) in [5.74, 6) is 0. The topological polar surface area (TPSA) is 9.72 Å². The predicted octanol–water partition coefficient (Wildman–Crippen LogP) is 2.72. The van der Waals surface area contributed by atoms with E-state index in [2.05, 4.69) is 52.0 Å². The van der Waals surface area contributed by atoms with Crippen molar-refractivity contribution in [3.8, 4) is 0 Å². The molecule has 1 aromatic rings. The van der Waals surface area contributed by atoms with Crippen molar-refractivity contribution in [1.82, 2.24) is 14.7 Å². The summed E-state index contributed by atoms with van der Waals surface area (Å²) in [6.07, 6.45) is 5.26. The number of benzene rings is 1. The lowest BCUT2D eigenvalue weighted by atomic mass is 10.0. The van der Waals surface area contributed by atoms with Crippen molar-refractivity contribution >= 4 is 0 Å². The summed E-state index contributed by atoms with van der Waals surface area (Å²) >= 11 is 0. The molecule has 0 N–H and O–H groups in total. The van der Waals surface area contributed by atoms with Gasteiger partial charge in [0.1, 0.15) is 0 Å². The van der Waals surface area contributed by atoms with Crippen LogP contribution < -0.4 is 0 Å². The molecule has 0 aliphatic carbocycles. The highest BCUT2D eigenvalue weighted by Gasteiger charge is 2.26. The molecule has 0 unspecified atom stereocenters. The number of rotatable bonds is 6. The van der Waals surface area contributed by atoms with Gasteiger partial charge in [-0.25, -0.2) is 0 Å². The van der Waals surface area contributed by atoms with Crippen LogP contribution >= 0.6 is 0 Å². The van der Waals surface area contributed by atoms with Gasteiger partial charge in [-0.05, 0) is 57.4 Å². The summed E-state index contributed by atoms with van der Waals surface area (Å²) in [6.45, 7) is 12.5. The van der Waals surface area contributed by atoms with Crippen molar-refractivity contribution in [3.05, 3.63) is 35.9 Å². The summed E-state index contributed by atoms with van der Waals surface area (Å²) < 4.78 is 0. The molecule has 2 fully saturated rings. The Bertz CT molecular complexity index is 431. The Kier molecular flexibility index (Phi) is 6.49. The molecule has 0 saturated carbocycles. The van der Waals surface area contributed by atoms with Crippen LogP contribution in [0.25, 0.3) is 0 Å². The molecular formula is C20H33N3. The van der Waals surface area contributed by atoms with E-state index >= 15 is 0 Å². The first kappa shape index (κ1) is 16.9. The molecule has 1 aromatic carbocycles. The zero-order valence-electron chi connectivity index (χ0n) is 14.8. The van der Waals surface area contributed by atoms with Crippen LogP contribution in [0, 0.1) is 0 Å². The molecule has 3 heteroatoms. The smallest absolute Gasteiger partial charge is 0.0121 e. The van der Waals surface area contributed by atoms with Gasteiger partial charge in [-0.2, -0.15) is 0 Å². The predicted molar refractivity (Wildman–Crippen MR) is 97.9 cm³/mol. The van der Waals surface area contributed by atoms with Crippen molar-refractivity contribution in [3.63, 3.8) is 0 Å². The van der Waals surface area contributed by atoms with Crippen molar-refractivity contribution in [2.45, 2.75) is 38.6 Å². The van der Waals surface area contributed by atoms with Gasteiger partial charge in [0, 0.05) is 32.2 Å². The first-order valence-corrected chi connectivity index (χ1v) is 9.58. The van der Waals surface area contributed by atoms with Crippen molar-refractivity contribution in [1.29, 1.82) is 0 Å². The zero-order chi connectivity index (χ0) is 15.9. The summed E-state index contributed by atoms with van der Waals surface area (Å²) in [7, 11) is 0. The highest BCUT2D eigenvalue weighted by Crippen LogP contribution is 2.18. The maximum Gasteiger partial charge on any atom is 0.0121 e. The third kappa shape index (κ3) is 5.03. The Morgan fingerprint density at radius 2 is 1.57 bits per heavy atom. The van der Waals surface area contributed by atoms with E-state index in [1.807, 2.05) is 0 Å². The average molecular weight is 316 g/mol. The van der Waals surface area contributed by atoms with Gasteiger partial charge in [0.15, 0.2) is 0 Å². The van der Waals surface area contributed by atoms with E-state index in [0.29, 0.717) is 0 Å². The number of likely N-dealkylation sites (N-methyl/N-ethyl adjacent to an activating group) is 1. The Balaban J connectivity index is 1.32. The standard InChI is InChI=1S/C20H33N3/c1-2-21-15-17-23(18-16-21)20-10-13-22(14-11-20)12-6-9-19-7-4-3-5-8-19/h3-5,7-8,20H,2,6,9-18H2,1H3. The van der Waals surface area contributed by atoms with Crippen LogP contribution in [-0.4, -0.2) is 73.1 Å². The lowest BCUT2D eigenvalue weighted by Gasteiger charge is -2.42. The van der Waals surface area contributed by atoms with Crippen LogP contribution in [0.15, 0.2) is 30.3 Å². The molecule has 0 aromatic heterocycles. The van der Waals surface area contributed by atoms with Crippen LogP contribution in [0.5, 0.6) is 0 Å². The number of piperazine rings is 1. The van der Waals surface area contributed by atoms with E-state index in [4.69, 9.17) is 0 Å². The van der Waals surface area contributed by atoms with E-state index < -0.39 is 0 Å². The molecule has 0 bridgehead atoms. The van der Waals surface area contributed by atoms with Crippen LogP contribution in [0.4, 0.5) is 0 Å². The molecular weight excluding hydrogens is 282 g/mol. The SMILES string of the molecule is CCN1CCN(C2CCN(CCCc3ccccc3)CC2)CC1. The maximum atomic E-state index is 2.76. The number of nitrogens with zero attached hydrogens (tertiary/aromatic N) is 3. The zero-order valence-corrected chi connectivity index (χ0v) is 14.8. The Morgan fingerprint density at radius 1 is 0.870 bits per heavy atom. The molecule has 3 nitrogen and oxygen atoms in total. The Labute approximate surface area is 142 Å². The monoisotopic (exact) mass is 315 g/mol. The molecule has 0 amide bonds. The van der Waals surface area contributed by atoms with Crippen LogP contribution in [-0.2, 0) is 6.42 Å². The molecule has 2 saturated heterocycles. The van der Waals surface area contributed by atoms with Crippen LogP contribution in [0.1, 0.15) is 31.7 Å². The van der Waals surface area contributed by atoms with E-state index in [0.717, 1.165) is 6.04 Å². The summed E-state index contributed by atoms with van der Waals surface area (Å²) in [6, 6.07) is 11.8. The lowest BCUT2D eigenvalue weighted by molar-refractivity contribution is 0.0609. The summed E-state index contributed by atoms with van der Waals surface area (Å²) in [5, 5.41) is 0. The van der Waals surface area contributed by atoms with Crippen LogP contribution in [0.3, 0.4) is 0 Å². The first-order chi connectivity index (χ1) is 11.3. The molecule has 2 aliphatic rings. The number of piperidine rings is 1. The Morgan fingerprint density at radius 3 is 2.22 bits per heavy atom. The van der Waals surface area contributed by atoms with Crippen molar-refractivity contribution < 1.29 is 0 Å². The maximum absolute atomic E-state index is 2.76. The number of hydrogen-bond donors (Lipinski definition) is 0. The molecule has 2 heterocycles. The minimum Gasteiger partial charge on any atom is -0.303 e. The fraction of sp³-hybridized carbons (Fsp3) is 0.700. The van der Waals surface area contributed by atoms with Gasteiger partial charge in [0.2, 0.25) is 0 Å². The van der Waals surface area contributed by atoms with Crippen molar-refractivity contribution in [2.24, 2.45) is 0 Å². The number of aryl methyl sites for hydroxylation is 1. The first-order valence-electron chi connectivity index (χ1n) is 9.58. The van der Waals surface area contributed by atoms with Gasteiger partial charge in [-0.1, -0.05) is 37.3 Å². The van der Waals surface area contributed by atoms with E-state index in [-0.39, 0.29) is 0 Å². The van der Waals surface area contributed by atoms with Crippen molar-refractivity contribution in [2.75, 3.05) is 52.4 Å².